The Labute approximate surface area is 128 Å². The van der Waals surface area contributed by atoms with Crippen molar-refractivity contribution in [2.45, 2.75) is 64.8 Å². The Morgan fingerprint density at radius 3 is 2.71 bits per heavy atom. The normalized spacial score (nSPS) is 14.6. The maximum absolute atomic E-state index is 12.2. The average Bonchev–Trinajstić information content (AvgIpc) is 3.20. The number of hydrogen-bond acceptors (Lipinski definition) is 2. The SMILES string of the molecule is CC(C)CCCCCCNC(=O)c1cc(N)cn1C1CC1. The van der Waals surface area contributed by atoms with E-state index in [4.69, 9.17) is 5.73 Å². The van der Waals surface area contributed by atoms with E-state index in [1.807, 2.05) is 10.8 Å². The first-order chi connectivity index (χ1) is 10.1. The van der Waals surface area contributed by atoms with Crippen molar-refractivity contribution >= 4 is 11.6 Å². The maximum atomic E-state index is 12.2. The standard InChI is InChI=1S/C17H29N3O/c1-13(2)7-5-3-4-6-10-19-17(21)16-11-14(18)12-20(16)15-8-9-15/h11-13,15H,3-10,18H2,1-2H3,(H,19,21). The Bertz CT molecular complexity index is 461. The van der Waals surface area contributed by atoms with Gasteiger partial charge in [-0.3, -0.25) is 4.79 Å². The molecule has 0 saturated heterocycles. The number of carbonyl (C=O) groups excluding carboxylic acids is 1. The third kappa shape index (κ3) is 5.10. The summed E-state index contributed by atoms with van der Waals surface area (Å²) in [7, 11) is 0. The van der Waals surface area contributed by atoms with Crippen LogP contribution in [0.1, 0.15) is 75.3 Å². The van der Waals surface area contributed by atoms with E-state index >= 15 is 0 Å². The zero-order valence-electron chi connectivity index (χ0n) is 13.4. The van der Waals surface area contributed by atoms with Crippen molar-refractivity contribution < 1.29 is 4.79 Å². The van der Waals surface area contributed by atoms with Crippen molar-refractivity contribution in [3.8, 4) is 0 Å². The predicted molar refractivity (Wildman–Crippen MR) is 87.4 cm³/mol. The van der Waals surface area contributed by atoms with Crippen LogP contribution in [0.5, 0.6) is 0 Å². The molecule has 0 radical (unpaired) electrons. The summed E-state index contributed by atoms with van der Waals surface area (Å²) in [6.07, 6.45) is 10.3. The second kappa shape index (κ2) is 7.53. The van der Waals surface area contributed by atoms with Gasteiger partial charge in [0.05, 0.1) is 5.69 Å². The van der Waals surface area contributed by atoms with Crippen molar-refractivity contribution in [3.05, 3.63) is 18.0 Å². The summed E-state index contributed by atoms with van der Waals surface area (Å²) in [5, 5.41) is 3.02. The van der Waals surface area contributed by atoms with E-state index in [2.05, 4.69) is 19.2 Å². The van der Waals surface area contributed by atoms with E-state index in [1.54, 1.807) is 6.07 Å². The number of rotatable bonds is 9. The molecule has 0 bridgehead atoms. The molecule has 1 fully saturated rings. The van der Waals surface area contributed by atoms with E-state index in [9.17, 15) is 4.79 Å². The van der Waals surface area contributed by atoms with E-state index in [0.717, 1.165) is 37.4 Å². The lowest BCUT2D eigenvalue weighted by atomic mass is 10.0. The van der Waals surface area contributed by atoms with Crippen molar-refractivity contribution in [1.82, 2.24) is 9.88 Å². The highest BCUT2D eigenvalue weighted by molar-refractivity contribution is 5.93. The minimum Gasteiger partial charge on any atom is -0.397 e. The molecule has 3 N–H and O–H groups in total. The summed E-state index contributed by atoms with van der Waals surface area (Å²) in [4.78, 5) is 12.2. The fourth-order valence-corrected chi connectivity index (χ4v) is 2.66. The molecule has 21 heavy (non-hydrogen) atoms. The van der Waals surface area contributed by atoms with Crippen molar-refractivity contribution in [2.24, 2.45) is 5.92 Å². The fraction of sp³-hybridized carbons (Fsp3) is 0.706. The van der Waals surface area contributed by atoms with Crippen LogP contribution in [-0.4, -0.2) is 17.0 Å². The van der Waals surface area contributed by atoms with Gasteiger partial charge >= 0.3 is 0 Å². The number of nitrogen functional groups attached to an aromatic ring is 1. The fourth-order valence-electron chi connectivity index (χ4n) is 2.66. The smallest absolute Gasteiger partial charge is 0.267 e. The zero-order chi connectivity index (χ0) is 15.2. The largest absolute Gasteiger partial charge is 0.397 e. The van der Waals surface area contributed by atoms with Crippen molar-refractivity contribution in [2.75, 3.05) is 12.3 Å². The molecular formula is C17H29N3O. The van der Waals surface area contributed by atoms with Crippen LogP contribution in [0.25, 0.3) is 0 Å². The van der Waals surface area contributed by atoms with E-state index in [-0.39, 0.29) is 5.91 Å². The van der Waals surface area contributed by atoms with E-state index in [1.165, 1.54) is 25.7 Å². The number of anilines is 1. The van der Waals surface area contributed by atoms with Crippen LogP contribution in [0.2, 0.25) is 0 Å². The minimum absolute atomic E-state index is 0.0146. The third-order valence-corrected chi connectivity index (χ3v) is 4.04. The van der Waals surface area contributed by atoms with Crippen LogP contribution in [0.3, 0.4) is 0 Å². The van der Waals surface area contributed by atoms with Crippen LogP contribution in [0.15, 0.2) is 12.3 Å². The zero-order valence-corrected chi connectivity index (χ0v) is 13.4. The van der Waals surface area contributed by atoms with Gasteiger partial charge in [0.15, 0.2) is 0 Å². The number of unbranched alkanes of at least 4 members (excludes halogenated alkanes) is 3. The highest BCUT2D eigenvalue weighted by Crippen LogP contribution is 2.37. The van der Waals surface area contributed by atoms with E-state index in [0.29, 0.717) is 11.7 Å². The van der Waals surface area contributed by atoms with Gasteiger partial charge in [-0.25, -0.2) is 0 Å². The van der Waals surface area contributed by atoms with Gasteiger partial charge in [0.2, 0.25) is 0 Å². The summed E-state index contributed by atoms with van der Waals surface area (Å²) in [6.45, 7) is 5.29. The second-order valence-corrected chi connectivity index (χ2v) is 6.65. The van der Waals surface area contributed by atoms with Crippen LogP contribution in [0, 0.1) is 5.92 Å². The molecular weight excluding hydrogens is 262 g/mol. The van der Waals surface area contributed by atoms with Crippen molar-refractivity contribution in [1.29, 1.82) is 0 Å². The summed E-state index contributed by atoms with van der Waals surface area (Å²) >= 11 is 0. The van der Waals surface area contributed by atoms with Crippen molar-refractivity contribution in [3.63, 3.8) is 0 Å². The summed E-state index contributed by atoms with van der Waals surface area (Å²) in [5.74, 6) is 0.811. The number of nitrogens with one attached hydrogen (secondary N) is 1. The van der Waals surface area contributed by atoms with Gasteiger partial charge in [0.1, 0.15) is 5.69 Å². The molecule has 0 spiro atoms. The number of nitrogens with zero attached hydrogens (tertiary/aromatic N) is 1. The van der Waals surface area contributed by atoms with Gasteiger partial charge in [-0.05, 0) is 31.2 Å². The molecule has 1 heterocycles. The molecule has 0 aromatic carbocycles. The summed E-state index contributed by atoms with van der Waals surface area (Å²) in [5.41, 5.74) is 7.21. The van der Waals surface area contributed by atoms with Gasteiger partial charge in [0.25, 0.3) is 5.91 Å². The highest BCUT2D eigenvalue weighted by Gasteiger charge is 2.27. The molecule has 1 aromatic heterocycles. The second-order valence-electron chi connectivity index (χ2n) is 6.65. The highest BCUT2D eigenvalue weighted by atomic mass is 16.1. The van der Waals surface area contributed by atoms with Gasteiger partial charge in [0, 0.05) is 18.8 Å². The number of carbonyl (C=O) groups is 1. The molecule has 1 saturated carbocycles. The Morgan fingerprint density at radius 1 is 1.33 bits per heavy atom. The van der Waals surface area contributed by atoms with Gasteiger partial charge in [-0.2, -0.15) is 0 Å². The van der Waals surface area contributed by atoms with Gasteiger partial charge < -0.3 is 15.6 Å². The van der Waals surface area contributed by atoms with Crippen LogP contribution in [-0.2, 0) is 0 Å². The molecule has 0 unspecified atom stereocenters. The molecule has 0 aliphatic heterocycles. The molecule has 118 valence electrons. The lowest BCUT2D eigenvalue weighted by Gasteiger charge is -2.09. The maximum Gasteiger partial charge on any atom is 0.267 e. The number of amides is 1. The topological polar surface area (TPSA) is 60.1 Å². The lowest BCUT2D eigenvalue weighted by Crippen LogP contribution is -2.26. The Hall–Kier alpha value is -1.45. The first-order valence-electron chi connectivity index (χ1n) is 8.33. The number of nitrogens with two attached hydrogens (primary N) is 1. The van der Waals surface area contributed by atoms with Gasteiger partial charge in [-0.15, -0.1) is 0 Å². The number of aromatic nitrogens is 1. The molecule has 4 nitrogen and oxygen atoms in total. The first kappa shape index (κ1) is 15.9. The Morgan fingerprint density at radius 2 is 2.05 bits per heavy atom. The molecule has 1 aliphatic rings. The quantitative estimate of drug-likeness (QED) is 0.681. The van der Waals surface area contributed by atoms with Crippen LogP contribution in [0.4, 0.5) is 5.69 Å². The summed E-state index contributed by atoms with van der Waals surface area (Å²) < 4.78 is 2.04. The molecule has 0 atom stereocenters. The Balaban J connectivity index is 1.66. The molecule has 1 amide bonds. The molecule has 1 aliphatic carbocycles. The summed E-state index contributed by atoms with van der Waals surface area (Å²) in [6, 6.07) is 2.27. The van der Waals surface area contributed by atoms with Crippen LogP contribution >= 0.6 is 0 Å². The molecule has 1 aromatic rings. The lowest BCUT2D eigenvalue weighted by molar-refractivity contribution is 0.0943. The Kier molecular flexibility index (Phi) is 5.71. The monoisotopic (exact) mass is 291 g/mol. The number of hydrogen-bond donors (Lipinski definition) is 2. The molecule has 4 heteroatoms. The van der Waals surface area contributed by atoms with Crippen LogP contribution < -0.4 is 11.1 Å². The minimum atomic E-state index is 0.0146. The molecule has 2 rings (SSSR count). The van der Waals surface area contributed by atoms with Gasteiger partial charge in [-0.1, -0.05) is 39.5 Å². The predicted octanol–water partition coefficient (Wildman–Crippen LogP) is 3.74. The van der Waals surface area contributed by atoms with E-state index < -0.39 is 0 Å². The average molecular weight is 291 g/mol. The third-order valence-electron chi connectivity index (χ3n) is 4.04. The first-order valence-corrected chi connectivity index (χ1v) is 8.33.